The van der Waals surface area contributed by atoms with Crippen LogP contribution in [-0.4, -0.2) is 19.8 Å². The fourth-order valence-electron chi connectivity index (χ4n) is 2.17. The van der Waals surface area contributed by atoms with Gasteiger partial charge in [-0.2, -0.15) is 0 Å². The second-order valence-corrected chi connectivity index (χ2v) is 4.94. The van der Waals surface area contributed by atoms with E-state index in [0.29, 0.717) is 6.54 Å². The van der Waals surface area contributed by atoms with Crippen molar-refractivity contribution in [2.75, 3.05) is 13.7 Å². The van der Waals surface area contributed by atoms with Crippen molar-refractivity contribution in [1.82, 2.24) is 0 Å². The van der Waals surface area contributed by atoms with E-state index >= 15 is 0 Å². The summed E-state index contributed by atoms with van der Waals surface area (Å²) in [6, 6.07) is 1.94. The van der Waals surface area contributed by atoms with Crippen LogP contribution in [0.3, 0.4) is 0 Å². The fraction of sp³-hybridized carbons (Fsp3) is 0.538. The Balaban J connectivity index is 2.55. The van der Waals surface area contributed by atoms with Crippen LogP contribution >= 0.6 is 11.6 Å². The van der Waals surface area contributed by atoms with Gasteiger partial charge in [0.15, 0.2) is 11.5 Å². The monoisotopic (exact) mass is 255 g/mol. The van der Waals surface area contributed by atoms with Crippen molar-refractivity contribution in [1.29, 1.82) is 0 Å². The second-order valence-electron chi connectivity index (χ2n) is 4.56. The second kappa shape index (κ2) is 4.75. The van der Waals surface area contributed by atoms with Crippen LogP contribution in [0.25, 0.3) is 0 Å². The number of rotatable bonds is 3. The van der Waals surface area contributed by atoms with E-state index in [1.807, 2.05) is 13.0 Å². The molecule has 0 fully saturated rings. The van der Waals surface area contributed by atoms with Gasteiger partial charge in [-0.1, -0.05) is 18.5 Å². The summed E-state index contributed by atoms with van der Waals surface area (Å²) >= 11 is 6.43. The Labute approximate surface area is 107 Å². The third-order valence-electron chi connectivity index (χ3n) is 3.22. The van der Waals surface area contributed by atoms with Crippen molar-refractivity contribution < 1.29 is 9.47 Å². The van der Waals surface area contributed by atoms with E-state index in [4.69, 9.17) is 26.8 Å². The maximum atomic E-state index is 6.43. The minimum atomic E-state index is 0.153. The maximum Gasteiger partial charge on any atom is 0.166 e. The summed E-state index contributed by atoms with van der Waals surface area (Å²) in [6.45, 7) is 4.66. The molecule has 1 aromatic rings. The predicted molar refractivity (Wildman–Crippen MR) is 69.3 cm³/mol. The molecule has 2 atom stereocenters. The zero-order chi connectivity index (χ0) is 12.6. The standard InChI is InChI=1S/C13H18ClNO2/c1-7(6-15)9-5-11(16-3)13-10(12(9)14)4-8(2)17-13/h5,7-8H,4,6,15H2,1-3H3. The molecule has 0 amide bonds. The van der Waals surface area contributed by atoms with E-state index in [9.17, 15) is 0 Å². The number of nitrogens with two attached hydrogens (primary N) is 1. The molecule has 3 nitrogen and oxygen atoms in total. The lowest BCUT2D eigenvalue weighted by molar-refractivity contribution is 0.243. The zero-order valence-corrected chi connectivity index (χ0v) is 11.2. The van der Waals surface area contributed by atoms with E-state index in [1.54, 1.807) is 7.11 Å². The van der Waals surface area contributed by atoms with E-state index in [0.717, 1.165) is 34.1 Å². The molecule has 1 heterocycles. The number of ether oxygens (including phenoxy) is 2. The highest BCUT2D eigenvalue weighted by Gasteiger charge is 2.28. The first kappa shape index (κ1) is 12.5. The molecule has 1 aliphatic heterocycles. The molecule has 0 radical (unpaired) electrons. The number of methoxy groups -OCH3 is 1. The van der Waals surface area contributed by atoms with Gasteiger partial charge in [0, 0.05) is 12.0 Å². The SMILES string of the molecule is COc1cc(C(C)CN)c(Cl)c2c1OC(C)C2. The van der Waals surface area contributed by atoms with Crippen LogP contribution in [0.1, 0.15) is 30.9 Å². The number of halogens is 1. The molecule has 0 bridgehead atoms. The minimum absolute atomic E-state index is 0.153. The lowest BCUT2D eigenvalue weighted by Crippen LogP contribution is -2.10. The van der Waals surface area contributed by atoms with Gasteiger partial charge in [0.25, 0.3) is 0 Å². The first-order valence-electron chi connectivity index (χ1n) is 5.84. The Kier molecular flexibility index (Phi) is 3.50. The van der Waals surface area contributed by atoms with Crippen molar-refractivity contribution in [3.63, 3.8) is 0 Å². The summed E-state index contributed by atoms with van der Waals surface area (Å²) in [7, 11) is 1.65. The van der Waals surface area contributed by atoms with E-state index in [1.165, 1.54) is 0 Å². The van der Waals surface area contributed by atoms with Crippen molar-refractivity contribution in [2.24, 2.45) is 5.73 Å². The Hall–Kier alpha value is -0.930. The lowest BCUT2D eigenvalue weighted by Gasteiger charge is -2.16. The van der Waals surface area contributed by atoms with Crippen molar-refractivity contribution >= 4 is 11.6 Å². The van der Waals surface area contributed by atoms with Crippen molar-refractivity contribution in [3.05, 3.63) is 22.2 Å². The highest BCUT2D eigenvalue weighted by Crippen LogP contribution is 2.45. The summed E-state index contributed by atoms with van der Waals surface area (Å²) in [6.07, 6.45) is 0.982. The highest BCUT2D eigenvalue weighted by molar-refractivity contribution is 6.32. The van der Waals surface area contributed by atoms with Gasteiger partial charge in [-0.3, -0.25) is 0 Å². The van der Waals surface area contributed by atoms with Crippen LogP contribution < -0.4 is 15.2 Å². The Morgan fingerprint density at radius 3 is 2.94 bits per heavy atom. The van der Waals surface area contributed by atoms with Crippen molar-refractivity contribution in [3.8, 4) is 11.5 Å². The average molecular weight is 256 g/mol. The van der Waals surface area contributed by atoms with Crippen LogP contribution in [-0.2, 0) is 6.42 Å². The third-order valence-corrected chi connectivity index (χ3v) is 3.66. The fourth-order valence-corrected chi connectivity index (χ4v) is 2.58. The van der Waals surface area contributed by atoms with E-state index in [2.05, 4.69) is 6.92 Å². The molecule has 0 spiro atoms. The van der Waals surface area contributed by atoms with E-state index < -0.39 is 0 Å². The summed E-state index contributed by atoms with van der Waals surface area (Å²) in [5, 5.41) is 0.781. The summed E-state index contributed by atoms with van der Waals surface area (Å²) in [4.78, 5) is 0. The number of hydrogen-bond acceptors (Lipinski definition) is 3. The van der Waals surface area contributed by atoms with Gasteiger partial charge >= 0.3 is 0 Å². The van der Waals surface area contributed by atoms with Crippen LogP contribution in [0.4, 0.5) is 0 Å². The van der Waals surface area contributed by atoms with Gasteiger partial charge in [-0.25, -0.2) is 0 Å². The Morgan fingerprint density at radius 2 is 2.35 bits per heavy atom. The molecule has 17 heavy (non-hydrogen) atoms. The largest absolute Gasteiger partial charge is 0.493 e. The smallest absolute Gasteiger partial charge is 0.166 e. The molecular weight excluding hydrogens is 238 g/mol. The molecule has 1 aromatic carbocycles. The van der Waals surface area contributed by atoms with Gasteiger partial charge in [0.2, 0.25) is 0 Å². The summed E-state index contributed by atoms with van der Waals surface area (Å²) < 4.78 is 11.1. The molecule has 94 valence electrons. The highest BCUT2D eigenvalue weighted by atomic mass is 35.5. The number of benzene rings is 1. The molecule has 0 aromatic heterocycles. The quantitative estimate of drug-likeness (QED) is 0.903. The minimum Gasteiger partial charge on any atom is -0.493 e. The van der Waals surface area contributed by atoms with Gasteiger partial charge in [0.1, 0.15) is 6.10 Å². The molecule has 0 saturated carbocycles. The molecule has 0 aliphatic carbocycles. The maximum absolute atomic E-state index is 6.43. The van der Waals surface area contributed by atoms with Gasteiger partial charge in [-0.15, -0.1) is 0 Å². The van der Waals surface area contributed by atoms with Crippen LogP contribution in [0.5, 0.6) is 11.5 Å². The molecule has 0 saturated heterocycles. The number of fused-ring (bicyclic) bond motifs is 1. The molecule has 4 heteroatoms. The topological polar surface area (TPSA) is 44.5 Å². The van der Waals surface area contributed by atoms with Gasteiger partial charge in [-0.05, 0) is 31.0 Å². The third kappa shape index (κ3) is 2.09. The summed E-state index contributed by atoms with van der Waals surface area (Å²) in [5.41, 5.74) is 7.80. The first-order valence-corrected chi connectivity index (χ1v) is 6.22. The van der Waals surface area contributed by atoms with Crippen LogP contribution in [0.2, 0.25) is 5.02 Å². The molecular formula is C13H18ClNO2. The first-order chi connectivity index (χ1) is 8.08. The van der Waals surface area contributed by atoms with Gasteiger partial charge < -0.3 is 15.2 Å². The molecule has 2 rings (SSSR count). The predicted octanol–water partition coefficient (Wildman–Crippen LogP) is 2.73. The lowest BCUT2D eigenvalue weighted by atomic mass is 9.97. The van der Waals surface area contributed by atoms with Crippen molar-refractivity contribution in [2.45, 2.75) is 32.3 Å². The molecule has 1 aliphatic rings. The Morgan fingerprint density at radius 1 is 1.65 bits per heavy atom. The Bertz CT molecular complexity index is 434. The van der Waals surface area contributed by atoms with Gasteiger partial charge in [0.05, 0.1) is 12.1 Å². The average Bonchev–Trinajstić information content (AvgIpc) is 2.71. The molecule has 2 N–H and O–H groups in total. The van der Waals surface area contributed by atoms with Crippen LogP contribution in [0, 0.1) is 0 Å². The normalized spacial score (nSPS) is 19.7. The number of hydrogen-bond donors (Lipinski definition) is 1. The van der Waals surface area contributed by atoms with Crippen LogP contribution in [0.15, 0.2) is 6.07 Å². The molecule has 2 unspecified atom stereocenters. The summed E-state index contributed by atoms with van der Waals surface area (Å²) in [5.74, 6) is 1.76. The van der Waals surface area contributed by atoms with E-state index in [-0.39, 0.29) is 12.0 Å². The zero-order valence-electron chi connectivity index (χ0n) is 10.4.